The monoisotopic (exact) mass is 382 g/mol. The highest BCUT2D eigenvalue weighted by molar-refractivity contribution is 8.07. The Hall–Kier alpha value is -3.51. The maximum atomic E-state index is 12.6. The van der Waals surface area contributed by atoms with Gasteiger partial charge in [-0.3, -0.25) is 14.5 Å². The number of rotatable bonds is 3. The molecule has 1 atom stereocenters. The quantitative estimate of drug-likeness (QED) is 0.737. The second-order valence-electron chi connectivity index (χ2n) is 5.61. The minimum Gasteiger partial charge on any atom is -0.465 e. The number of allylic oxidation sites excluding steroid dienone is 1. The molecule has 0 unspecified atom stereocenters. The van der Waals surface area contributed by atoms with Crippen LogP contribution < -0.4 is 11.5 Å². The maximum absolute atomic E-state index is 12.6. The Morgan fingerprint density at radius 3 is 2.52 bits per heavy atom. The van der Waals surface area contributed by atoms with Crippen LogP contribution in [-0.2, 0) is 19.1 Å². The van der Waals surface area contributed by atoms with Crippen molar-refractivity contribution in [3.63, 3.8) is 0 Å². The summed E-state index contributed by atoms with van der Waals surface area (Å²) in [6, 6.07) is 10.7. The van der Waals surface area contributed by atoms with Crippen LogP contribution in [0, 0.1) is 11.3 Å². The summed E-state index contributed by atoms with van der Waals surface area (Å²) in [6.07, 6.45) is 1.04. The first-order valence-corrected chi connectivity index (χ1v) is 8.53. The number of hydrogen-bond acceptors (Lipinski definition) is 7. The summed E-state index contributed by atoms with van der Waals surface area (Å²) in [5.74, 6) is -3.18. The standard InChI is InChI=1S/C18H14N4O4S/c1-26-18(25)11-7-12(23)22-15(20)10(8-19)13(9-5-3-2-4-6-9)14(16(21)24)17(22)27-11/h2-7,13H,20H2,1H3,(H2,21,24)/t13-/m0/s1. The van der Waals surface area contributed by atoms with E-state index >= 15 is 0 Å². The molecular formula is C18H14N4O4S. The normalized spacial score (nSPS) is 19.3. The third-order valence-electron chi connectivity index (χ3n) is 4.11. The average Bonchev–Trinajstić information content (AvgIpc) is 2.66. The fraction of sp³-hybridized carbons (Fsp3) is 0.111. The molecule has 0 saturated heterocycles. The zero-order chi connectivity index (χ0) is 19.7. The number of hydrogen-bond donors (Lipinski definition) is 2. The lowest BCUT2D eigenvalue weighted by Crippen LogP contribution is -2.42. The van der Waals surface area contributed by atoms with E-state index in [-0.39, 0.29) is 26.9 Å². The molecular weight excluding hydrogens is 368 g/mol. The summed E-state index contributed by atoms with van der Waals surface area (Å²) in [7, 11) is 1.18. The molecule has 4 N–H and O–H groups in total. The van der Waals surface area contributed by atoms with Crippen molar-refractivity contribution >= 4 is 29.5 Å². The molecule has 2 aliphatic rings. The van der Waals surface area contributed by atoms with Crippen LogP contribution in [0.1, 0.15) is 11.5 Å². The maximum Gasteiger partial charge on any atom is 0.344 e. The van der Waals surface area contributed by atoms with Crippen LogP contribution in [0.5, 0.6) is 0 Å². The fourth-order valence-electron chi connectivity index (χ4n) is 2.95. The largest absolute Gasteiger partial charge is 0.465 e. The molecule has 1 aromatic carbocycles. The molecule has 136 valence electrons. The summed E-state index contributed by atoms with van der Waals surface area (Å²) in [4.78, 5) is 37.8. The predicted octanol–water partition coefficient (Wildman–Crippen LogP) is 0.807. The smallest absolute Gasteiger partial charge is 0.344 e. The van der Waals surface area contributed by atoms with E-state index in [1.165, 1.54) is 7.11 Å². The second-order valence-corrected chi connectivity index (χ2v) is 6.64. The minimum absolute atomic E-state index is 0.00693. The van der Waals surface area contributed by atoms with Crippen molar-refractivity contribution in [1.82, 2.24) is 4.90 Å². The van der Waals surface area contributed by atoms with E-state index in [0.717, 1.165) is 22.7 Å². The zero-order valence-electron chi connectivity index (χ0n) is 14.1. The Labute approximate surface area is 158 Å². The Morgan fingerprint density at radius 1 is 1.30 bits per heavy atom. The number of thioether (sulfide) groups is 1. The topological polar surface area (TPSA) is 140 Å². The molecule has 0 aliphatic carbocycles. The summed E-state index contributed by atoms with van der Waals surface area (Å²) in [5.41, 5.74) is 12.4. The number of primary amides is 1. The molecule has 8 nitrogen and oxygen atoms in total. The third kappa shape index (κ3) is 2.96. The van der Waals surface area contributed by atoms with Gasteiger partial charge in [-0.15, -0.1) is 0 Å². The Kier molecular flexibility index (Phi) is 4.75. The number of esters is 1. The Bertz CT molecular complexity index is 988. The molecule has 2 amide bonds. The molecule has 0 aromatic heterocycles. The van der Waals surface area contributed by atoms with Gasteiger partial charge in [-0.2, -0.15) is 5.26 Å². The van der Waals surface area contributed by atoms with Gasteiger partial charge in [0, 0.05) is 6.08 Å². The van der Waals surface area contributed by atoms with E-state index in [4.69, 9.17) is 11.5 Å². The van der Waals surface area contributed by atoms with E-state index in [0.29, 0.717) is 5.56 Å². The van der Waals surface area contributed by atoms with Crippen LogP contribution in [0.25, 0.3) is 0 Å². The highest BCUT2D eigenvalue weighted by Gasteiger charge is 2.43. The van der Waals surface area contributed by atoms with Crippen molar-refractivity contribution in [3.8, 4) is 6.07 Å². The number of nitrogens with two attached hydrogens (primary N) is 2. The highest BCUT2D eigenvalue weighted by atomic mass is 32.2. The van der Waals surface area contributed by atoms with Gasteiger partial charge in [0.1, 0.15) is 10.7 Å². The van der Waals surface area contributed by atoms with E-state index in [1.807, 2.05) is 6.07 Å². The number of nitriles is 1. The first-order chi connectivity index (χ1) is 12.9. The molecule has 1 aromatic rings. The van der Waals surface area contributed by atoms with Gasteiger partial charge in [0.15, 0.2) is 0 Å². The lowest BCUT2D eigenvalue weighted by Gasteiger charge is -2.36. The van der Waals surface area contributed by atoms with Crippen LogP contribution in [0.2, 0.25) is 0 Å². The van der Waals surface area contributed by atoms with Crippen molar-refractivity contribution in [1.29, 1.82) is 5.26 Å². The summed E-state index contributed by atoms with van der Waals surface area (Å²) in [6.45, 7) is 0. The molecule has 0 saturated carbocycles. The minimum atomic E-state index is -0.850. The fourth-order valence-corrected chi connectivity index (χ4v) is 4.09. The van der Waals surface area contributed by atoms with Gasteiger partial charge in [0.05, 0.1) is 35.3 Å². The molecule has 0 spiro atoms. The van der Waals surface area contributed by atoms with Gasteiger partial charge in [-0.1, -0.05) is 42.1 Å². The zero-order valence-corrected chi connectivity index (χ0v) is 14.9. The molecule has 0 bridgehead atoms. The first-order valence-electron chi connectivity index (χ1n) is 7.71. The third-order valence-corrected chi connectivity index (χ3v) is 5.21. The second kappa shape index (κ2) is 7.01. The number of benzene rings is 1. The number of ether oxygens (including phenoxy) is 1. The van der Waals surface area contributed by atoms with Crippen molar-refractivity contribution < 1.29 is 19.1 Å². The van der Waals surface area contributed by atoms with Crippen molar-refractivity contribution in [2.75, 3.05) is 7.11 Å². The van der Waals surface area contributed by atoms with Crippen LogP contribution in [0.15, 0.2) is 63.3 Å². The van der Waals surface area contributed by atoms with Crippen molar-refractivity contribution in [3.05, 3.63) is 68.9 Å². The lowest BCUT2D eigenvalue weighted by molar-refractivity contribution is -0.135. The predicted molar refractivity (Wildman–Crippen MR) is 96.8 cm³/mol. The molecule has 0 radical (unpaired) electrons. The van der Waals surface area contributed by atoms with Crippen molar-refractivity contribution in [2.45, 2.75) is 5.92 Å². The number of amides is 2. The molecule has 2 aliphatic heterocycles. The number of nitrogens with zero attached hydrogens (tertiary/aromatic N) is 2. The van der Waals surface area contributed by atoms with Gasteiger partial charge in [0.25, 0.3) is 5.91 Å². The SMILES string of the molecule is COC(=O)C1=CC(=O)N2C(N)=C(C#N)[C@H](c3ccccc3)C(C(N)=O)=C2S1. The van der Waals surface area contributed by atoms with E-state index in [1.54, 1.807) is 30.3 Å². The molecule has 0 fully saturated rings. The van der Waals surface area contributed by atoms with Crippen LogP contribution in [-0.4, -0.2) is 29.8 Å². The molecule has 2 heterocycles. The summed E-state index contributed by atoms with van der Waals surface area (Å²) < 4.78 is 4.66. The summed E-state index contributed by atoms with van der Waals surface area (Å²) in [5, 5.41) is 9.75. The number of fused-ring (bicyclic) bond motifs is 1. The lowest BCUT2D eigenvalue weighted by atomic mass is 9.82. The molecule has 27 heavy (non-hydrogen) atoms. The Morgan fingerprint density at radius 2 is 1.96 bits per heavy atom. The average molecular weight is 382 g/mol. The number of carbonyl (C=O) groups is 3. The van der Waals surface area contributed by atoms with Gasteiger partial charge < -0.3 is 16.2 Å². The van der Waals surface area contributed by atoms with Crippen LogP contribution in [0.3, 0.4) is 0 Å². The molecule has 3 rings (SSSR count). The number of carbonyl (C=O) groups excluding carboxylic acids is 3. The van der Waals surface area contributed by atoms with Gasteiger partial charge in [-0.25, -0.2) is 4.79 Å². The van der Waals surface area contributed by atoms with Crippen molar-refractivity contribution in [2.24, 2.45) is 11.5 Å². The molecule has 9 heteroatoms. The Balaban J connectivity index is 2.29. The van der Waals surface area contributed by atoms with E-state index in [2.05, 4.69) is 4.74 Å². The van der Waals surface area contributed by atoms with Gasteiger partial charge in [0.2, 0.25) is 5.91 Å². The summed E-state index contributed by atoms with van der Waals surface area (Å²) >= 11 is 0.850. The van der Waals surface area contributed by atoms with E-state index in [9.17, 15) is 19.6 Å². The van der Waals surface area contributed by atoms with Crippen LogP contribution >= 0.6 is 11.8 Å². The van der Waals surface area contributed by atoms with Gasteiger partial charge in [-0.05, 0) is 5.56 Å². The number of methoxy groups -OCH3 is 1. The van der Waals surface area contributed by atoms with Gasteiger partial charge >= 0.3 is 5.97 Å². The highest BCUT2D eigenvalue weighted by Crippen LogP contribution is 2.47. The van der Waals surface area contributed by atoms with E-state index < -0.39 is 23.7 Å². The first kappa shape index (κ1) is 18.3. The van der Waals surface area contributed by atoms with Crippen LogP contribution in [0.4, 0.5) is 0 Å².